The van der Waals surface area contributed by atoms with Gasteiger partial charge in [-0.3, -0.25) is 9.36 Å². The second-order valence-electron chi connectivity index (χ2n) is 5.60. The molecule has 4 rings (SSSR count). The zero-order valence-corrected chi connectivity index (χ0v) is 13.6. The highest BCUT2D eigenvalue weighted by Gasteiger charge is 2.11. The van der Waals surface area contributed by atoms with Gasteiger partial charge in [-0.25, -0.2) is 9.97 Å². The largest absolute Gasteiger partial charge is 0.369 e. The smallest absolute Gasteiger partial charge is 0.248 e. The van der Waals surface area contributed by atoms with E-state index in [0.717, 1.165) is 16.7 Å². The maximum absolute atomic E-state index is 11.1. The SMILES string of the molecule is NC(=O)c1ccc(Nc2nccc(-n3c(N)nc4ccccc43)n2)cc1. The molecular formula is C18H15N7O. The molecule has 0 saturated carbocycles. The van der Waals surface area contributed by atoms with Crippen molar-refractivity contribution < 1.29 is 4.79 Å². The molecule has 2 aromatic heterocycles. The van der Waals surface area contributed by atoms with Crippen LogP contribution in [0.2, 0.25) is 0 Å². The van der Waals surface area contributed by atoms with Gasteiger partial charge >= 0.3 is 0 Å². The fourth-order valence-electron chi connectivity index (χ4n) is 2.67. The van der Waals surface area contributed by atoms with Crippen molar-refractivity contribution in [2.45, 2.75) is 0 Å². The third kappa shape index (κ3) is 2.80. The van der Waals surface area contributed by atoms with Crippen LogP contribution in [0.25, 0.3) is 16.9 Å². The predicted molar refractivity (Wildman–Crippen MR) is 99.3 cm³/mol. The van der Waals surface area contributed by atoms with Crippen molar-refractivity contribution in [2.24, 2.45) is 5.73 Å². The molecule has 0 unspecified atom stereocenters. The summed E-state index contributed by atoms with van der Waals surface area (Å²) in [4.78, 5) is 24.2. The van der Waals surface area contributed by atoms with Gasteiger partial charge in [0.1, 0.15) is 5.82 Å². The lowest BCUT2D eigenvalue weighted by atomic mass is 10.2. The van der Waals surface area contributed by atoms with Gasteiger partial charge in [-0.1, -0.05) is 12.1 Å². The predicted octanol–water partition coefficient (Wildman–Crippen LogP) is 2.24. The van der Waals surface area contributed by atoms with Gasteiger partial charge in [0.05, 0.1) is 11.0 Å². The number of hydrogen-bond donors (Lipinski definition) is 3. The molecule has 5 N–H and O–H groups in total. The van der Waals surface area contributed by atoms with Crippen LogP contribution in [-0.2, 0) is 0 Å². The number of primary amides is 1. The van der Waals surface area contributed by atoms with E-state index in [1.165, 1.54) is 0 Å². The first-order valence-corrected chi connectivity index (χ1v) is 7.85. The average molecular weight is 345 g/mol. The minimum absolute atomic E-state index is 0.349. The summed E-state index contributed by atoms with van der Waals surface area (Å²) in [5, 5.41) is 3.09. The van der Waals surface area contributed by atoms with E-state index in [9.17, 15) is 4.79 Å². The number of aromatic nitrogens is 4. The number of hydrogen-bond acceptors (Lipinski definition) is 6. The Hall–Kier alpha value is -3.94. The molecule has 0 aliphatic heterocycles. The number of nitrogens with one attached hydrogen (secondary N) is 1. The Morgan fingerprint density at radius 1 is 1.00 bits per heavy atom. The molecule has 8 heteroatoms. The second kappa shape index (κ2) is 6.17. The van der Waals surface area contributed by atoms with E-state index >= 15 is 0 Å². The van der Waals surface area contributed by atoms with Gasteiger partial charge in [0.15, 0.2) is 0 Å². The first-order valence-electron chi connectivity index (χ1n) is 7.85. The molecule has 26 heavy (non-hydrogen) atoms. The Labute approximate surface area is 148 Å². The molecule has 0 atom stereocenters. The highest BCUT2D eigenvalue weighted by molar-refractivity contribution is 5.93. The van der Waals surface area contributed by atoms with Crippen LogP contribution in [-0.4, -0.2) is 25.4 Å². The van der Waals surface area contributed by atoms with Crippen molar-refractivity contribution in [2.75, 3.05) is 11.1 Å². The number of nitrogen functional groups attached to an aromatic ring is 1. The molecule has 4 aromatic rings. The molecule has 2 heterocycles. The summed E-state index contributed by atoms with van der Waals surface area (Å²) in [7, 11) is 0. The molecule has 0 saturated heterocycles. The molecule has 0 aliphatic rings. The first-order chi connectivity index (χ1) is 12.6. The van der Waals surface area contributed by atoms with Crippen molar-refractivity contribution in [3.63, 3.8) is 0 Å². The second-order valence-corrected chi connectivity index (χ2v) is 5.60. The van der Waals surface area contributed by atoms with Crippen LogP contribution >= 0.6 is 0 Å². The van der Waals surface area contributed by atoms with Crippen molar-refractivity contribution in [1.29, 1.82) is 0 Å². The third-order valence-corrected chi connectivity index (χ3v) is 3.88. The number of para-hydroxylation sites is 2. The summed E-state index contributed by atoms with van der Waals surface area (Å²) in [5.74, 6) is 0.868. The molecule has 128 valence electrons. The van der Waals surface area contributed by atoms with Gasteiger partial charge < -0.3 is 16.8 Å². The number of imidazole rings is 1. The number of fused-ring (bicyclic) bond motifs is 1. The molecule has 0 spiro atoms. The molecule has 0 fully saturated rings. The average Bonchev–Trinajstić information content (AvgIpc) is 2.98. The van der Waals surface area contributed by atoms with Gasteiger partial charge in [0.25, 0.3) is 0 Å². The monoisotopic (exact) mass is 345 g/mol. The fourth-order valence-corrected chi connectivity index (χ4v) is 2.67. The first kappa shape index (κ1) is 15.6. The van der Waals surface area contributed by atoms with Gasteiger partial charge in [0, 0.05) is 23.5 Å². The lowest BCUT2D eigenvalue weighted by Gasteiger charge is -2.09. The van der Waals surface area contributed by atoms with E-state index in [0.29, 0.717) is 23.3 Å². The number of nitrogens with zero attached hydrogens (tertiary/aromatic N) is 4. The Kier molecular flexibility index (Phi) is 3.70. The maximum atomic E-state index is 11.1. The van der Waals surface area contributed by atoms with E-state index in [2.05, 4.69) is 20.3 Å². The van der Waals surface area contributed by atoms with Crippen LogP contribution in [0.15, 0.2) is 60.8 Å². The molecule has 1 amide bonds. The van der Waals surface area contributed by atoms with Crippen LogP contribution in [0.5, 0.6) is 0 Å². The number of nitrogens with two attached hydrogens (primary N) is 2. The van der Waals surface area contributed by atoms with Crippen LogP contribution in [0.1, 0.15) is 10.4 Å². The van der Waals surface area contributed by atoms with E-state index in [1.807, 2.05) is 24.3 Å². The van der Waals surface area contributed by atoms with E-state index in [-0.39, 0.29) is 0 Å². The number of benzene rings is 2. The molecule has 0 aliphatic carbocycles. The molecule has 0 radical (unpaired) electrons. The zero-order chi connectivity index (χ0) is 18.1. The van der Waals surface area contributed by atoms with Gasteiger partial charge in [-0.05, 0) is 36.4 Å². The van der Waals surface area contributed by atoms with Gasteiger partial charge in [-0.2, -0.15) is 4.98 Å². The quantitative estimate of drug-likeness (QED) is 0.521. The molecule has 2 aromatic carbocycles. The summed E-state index contributed by atoms with van der Waals surface area (Å²) < 4.78 is 1.76. The lowest BCUT2D eigenvalue weighted by molar-refractivity contribution is 0.100. The van der Waals surface area contributed by atoms with E-state index in [4.69, 9.17) is 11.5 Å². The van der Waals surface area contributed by atoms with Crippen molar-refractivity contribution in [3.05, 3.63) is 66.4 Å². The Balaban J connectivity index is 1.68. The van der Waals surface area contributed by atoms with Crippen LogP contribution in [0.3, 0.4) is 0 Å². The van der Waals surface area contributed by atoms with E-state index < -0.39 is 5.91 Å². The third-order valence-electron chi connectivity index (χ3n) is 3.88. The Morgan fingerprint density at radius 2 is 1.77 bits per heavy atom. The minimum atomic E-state index is -0.475. The van der Waals surface area contributed by atoms with Crippen LogP contribution < -0.4 is 16.8 Å². The van der Waals surface area contributed by atoms with Gasteiger partial charge in [0.2, 0.25) is 17.8 Å². The topological polar surface area (TPSA) is 125 Å². The number of amides is 1. The van der Waals surface area contributed by atoms with Crippen LogP contribution in [0, 0.1) is 0 Å². The summed E-state index contributed by atoms with van der Waals surface area (Å²) >= 11 is 0. The lowest BCUT2D eigenvalue weighted by Crippen LogP contribution is -2.10. The summed E-state index contributed by atoms with van der Waals surface area (Å²) in [6.45, 7) is 0. The highest BCUT2D eigenvalue weighted by atomic mass is 16.1. The number of anilines is 3. The number of rotatable bonds is 4. The van der Waals surface area contributed by atoms with E-state index in [1.54, 1.807) is 41.1 Å². The summed E-state index contributed by atoms with van der Waals surface area (Å²) in [6.07, 6.45) is 1.64. The zero-order valence-electron chi connectivity index (χ0n) is 13.6. The van der Waals surface area contributed by atoms with Crippen molar-refractivity contribution in [3.8, 4) is 5.82 Å². The highest BCUT2D eigenvalue weighted by Crippen LogP contribution is 2.22. The molecular weight excluding hydrogens is 330 g/mol. The standard InChI is InChI=1S/C18H15N7O/c19-16(26)11-5-7-12(8-6-11)22-18-21-10-9-15(24-18)25-14-4-2-1-3-13(14)23-17(25)20/h1-10H,(H2,19,26)(H2,20,23)(H,21,22,24). The van der Waals surface area contributed by atoms with Crippen molar-refractivity contribution in [1.82, 2.24) is 19.5 Å². The number of carbonyl (C=O) groups is 1. The Morgan fingerprint density at radius 3 is 2.54 bits per heavy atom. The van der Waals surface area contributed by atoms with Crippen LogP contribution in [0.4, 0.5) is 17.6 Å². The fraction of sp³-hybridized carbons (Fsp3) is 0. The normalized spacial score (nSPS) is 10.8. The van der Waals surface area contributed by atoms with Crippen molar-refractivity contribution >= 4 is 34.5 Å². The number of carbonyl (C=O) groups excluding carboxylic acids is 1. The molecule has 0 bridgehead atoms. The Bertz CT molecular complexity index is 1100. The van der Waals surface area contributed by atoms with Gasteiger partial charge in [-0.15, -0.1) is 0 Å². The molecule has 8 nitrogen and oxygen atoms in total. The minimum Gasteiger partial charge on any atom is -0.369 e. The summed E-state index contributed by atoms with van der Waals surface area (Å²) in [6, 6.07) is 16.1. The maximum Gasteiger partial charge on any atom is 0.248 e. The summed E-state index contributed by atoms with van der Waals surface area (Å²) in [5.41, 5.74) is 14.1.